The van der Waals surface area contributed by atoms with Gasteiger partial charge in [0.05, 0.1) is 33.4 Å². The number of nitrogens with zero attached hydrogens (tertiary/aromatic N) is 4. The smallest absolute Gasteiger partial charge is 0.269 e. The van der Waals surface area contributed by atoms with Crippen LogP contribution in [0.25, 0.3) is 0 Å². The normalized spacial score (nSPS) is 15.1. The SMILES string of the molecule is Cc1cccc(Cn2nc(C)c(NC(=O)C3CCN(S(=O)(=O)c4ccc([N+](=O)[O-])cc4)CC3)c2C)c1. The summed E-state index contributed by atoms with van der Waals surface area (Å²) >= 11 is 0. The molecule has 0 atom stereocenters. The molecule has 2 heterocycles. The van der Waals surface area contributed by atoms with Crippen LogP contribution in [-0.4, -0.2) is 46.4 Å². The number of aromatic nitrogens is 2. The van der Waals surface area contributed by atoms with Gasteiger partial charge in [0, 0.05) is 31.1 Å². The number of hydrogen-bond donors (Lipinski definition) is 1. The van der Waals surface area contributed by atoms with Crippen molar-refractivity contribution in [3.8, 4) is 0 Å². The molecule has 1 aliphatic rings. The van der Waals surface area contributed by atoms with Gasteiger partial charge in [-0.3, -0.25) is 19.6 Å². The van der Waals surface area contributed by atoms with Crippen molar-refractivity contribution in [2.45, 2.75) is 45.1 Å². The van der Waals surface area contributed by atoms with Gasteiger partial charge in [0.15, 0.2) is 0 Å². The van der Waals surface area contributed by atoms with Gasteiger partial charge in [-0.25, -0.2) is 8.42 Å². The predicted octanol–water partition coefficient (Wildman–Crippen LogP) is 3.80. The number of non-ortho nitro benzene ring substituents is 1. The van der Waals surface area contributed by atoms with Crippen LogP contribution in [0.4, 0.5) is 11.4 Å². The Kier molecular flexibility index (Phi) is 7.23. The highest BCUT2D eigenvalue weighted by Crippen LogP contribution is 2.27. The Balaban J connectivity index is 1.39. The van der Waals surface area contributed by atoms with Crippen molar-refractivity contribution in [2.75, 3.05) is 18.4 Å². The molecule has 0 radical (unpaired) electrons. The van der Waals surface area contributed by atoms with Crippen LogP contribution in [0, 0.1) is 36.8 Å². The summed E-state index contributed by atoms with van der Waals surface area (Å²) in [5.74, 6) is -0.476. The molecule has 1 aliphatic heterocycles. The fourth-order valence-electron chi connectivity index (χ4n) is 4.49. The average Bonchev–Trinajstić information content (AvgIpc) is 3.11. The maximum atomic E-state index is 13.0. The monoisotopic (exact) mass is 511 g/mol. The number of nitro benzene ring substituents is 1. The molecular formula is C25H29N5O5S. The molecule has 4 rings (SSSR count). The number of benzene rings is 2. The molecule has 0 bridgehead atoms. The van der Waals surface area contributed by atoms with Gasteiger partial charge < -0.3 is 5.32 Å². The summed E-state index contributed by atoms with van der Waals surface area (Å²) in [4.78, 5) is 23.3. The van der Waals surface area contributed by atoms with E-state index in [1.165, 1.54) is 34.1 Å². The first-order valence-electron chi connectivity index (χ1n) is 11.7. The fourth-order valence-corrected chi connectivity index (χ4v) is 5.96. The van der Waals surface area contributed by atoms with Gasteiger partial charge in [0.25, 0.3) is 5.69 Å². The molecule has 2 aromatic carbocycles. The van der Waals surface area contributed by atoms with E-state index in [-0.39, 0.29) is 35.5 Å². The quantitative estimate of drug-likeness (QED) is 0.380. The molecule has 0 unspecified atom stereocenters. The van der Waals surface area contributed by atoms with Gasteiger partial charge in [-0.15, -0.1) is 0 Å². The van der Waals surface area contributed by atoms with Crippen molar-refractivity contribution in [3.63, 3.8) is 0 Å². The third-order valence-electron chi connectivity index (χ3n) is 6.55. The molecule has 190 valence electrons. The van der Waals surface area contributed by atoms with E-state index in [1.54, 1.807) is 0 Å². The van der Waals surface area contributed by atoms with Gasteiger partial charge >= 0.3 is 0 Å². The molecule has 0 spiro atoms. The molecule has 3 aromatic rings. The van der Waals surface area contributed by atoms with Gasteiger partial charge in [0.2, 0.25) is 15.9 Å². The van der Waals surface area contributed by atoms with Gasteiger partial charge in [-0.05, 0) is 51.3 Å². The molecule has 1 aromatic heterocycles. The van der Waals surface area contributed by atoms with Gasteiger partial charge in [-0.1, -0.05) is 29.8 Å². The third kappa shape index (κ3) is 5.31. The first kappa shape index (κ1) is 25.5. The lowest BCUT2D eigenvalue weighted by Crippen LogP contribution is -2.41. The second-order valence-electron chi connectivity index (χ2n) is 9.11. The summed E-state index contributed by atoms with van der Waals surface area (Å²) < 4.78 is 29.1. The third-order valence-corrected chi connectivity index (χ3v) is 8.47. The van der Waals surface area contributed by atoms with Crippen molar-refractivity contribution >= 4 is 27.3 Å². The molecule has 0 aliphatic carbocycles. The summed E-state index contributed by atoms with van der Waals surface area (Å²) in [6, 6.07) is 13.0. The summed E-state index contributed by atoms with van der Waals surface area (Å²) in [5, 5.41) is 18.4. The molecule has 1 N–H and O–H groups in total. The van der Waals surface area contributed by atoms with Crippen LogP contribution >= 0.6 is 0 Å². The van der Waals surface area contributed by atoms with E-state index in [9.17, 15) is 23.3 Å². The standard InChI is InChI=1S/C25H29N5O5S/c1-17-5-4-6-20(15-17)16-29-19(3)24(18(2)27-29)26-25(31)21-11-13-28(14-12-21)36(34,35)23-9-7-22(8-10-23)30(32)33/h4-10,15,21H,11-14,16H2,1-3H3,(H,26,31). The Hall–Kier alpha value is -3.57. The van der Waals surface area contributed by atoms with E-state index in [1.807, 2.05) is 43.7 Å². The molecule has 1 saturated heterocycles. The number of amides is 1. The number of sulfonamides is 1. The molecular weight excluding hydrogens is 482 g/mol. The Morgan fingerprint density at radius 3 is 2.39 bits per heavy atom. The van der Waals surface area contributed by atoms with Crippen molar-refractivity contribution in [1.82, 2.24) is 14.1 Å². The topological polar surface area (TPSA) is 127 Å². The number of nitro groups is 1. The minimum Gasteiger partial charge on any atom is -0.323 e. The molecule has 1 amide bonds. The maximum absolute atomic E-state index is 13.0. The lowest BCUT2D eigenvalue weighted by Gasteiger charge is -2.30. The lowest BCUT2D eigenvalue weighted by molar-refractivity contribution is -0.384. The summed E-state index contributed by atoms with van der Waals surface area (Å²) in [5.41, 5.74) is 4.41. The number of rotatable bonds is 7. The number of carbonyl (C=O) groups excluding carboxylic acids is 1. The molecule has 36 heavy (non-hydrogen) atoms. The Bertz CT molecular complexity index is 1390. The van der Waals surface area contributed by atoms with Crippen molar-refractivity contribution in [2.24, 2.45) is 5.92 Å². The zero-order chi connectivity index (χ0) is 26.0. The highest BCUT2D eigenvalue weighted by atomic mass is 32.2. The second kappa shape index (κ2) is 10.2. The second-order valence-corrected chi connectivity index (χ2v) is 11.0. The predicted molar refractivity (Wildman–Crippen MR) is 135 cm³/mol. The van der Waals surface area contributed by atoms with Crippen molar-refractivity contribution in [3.05, 3.63) is 81.2 Å². The Morgan fingerprint density at radius 1 is 1.11 bits per heavy atom. The molecule has 11 heteroatoms. The number of piperidine rings is 1. The highest BCUT2D eigenvalue weighted by molar-refractivity contribution is 7.89. The van der Waals surface area contributed by atoms with Crippen LogP contribution in [0.3, 0.4) is 0 Å². The minimum atomic E-state index is -3.79. The number of aryl methyl sites for hydroxylation is 2. The van der Waals surface area contributed by atoms with E-state index < -0.39 is 14.9 Å². The molecule has 1 fully saturated rings. The van der Waals surface area contributed by atoms with E-state index >= 15 is 0 Å². The van der Waals surface area contributed by atoms with E-state index in [0.717, 1.165) is 17.0 Å². The zero-order valence-corrected chi connectivity index (χ0v) is 21.3. The van der Waals surface area contributed by atoms with Crippen molar-refractivity contribution in [1.29, 1.82) is 0 Å². The number of anilines is 1. The van der Waals surface area contributed by atoms with Crippen LogP contribution in [0.2, 0.25) is 0 Å². The number of carbonyl (C=O) groups is 1. The van der Waals surface area contributed by atoms with Crippen molar-refractivity contribution < 1.29 is 18.1 Å². The fraction of sp³-hybridized carbons (Fsp3) is 0.360. The van der Waals surface area contributed by atoms with E-state index in [4.69, 9.17) is 0 Å². The van der Waals surface area contributed by atoms with Crippen LogP contribution in [0.5, 0.6) is 0 Å². The largest absolute Gasteiger partial charge is 0.323 e. The Labute approximate surface area is 210 Å². The minimum absolute atomic E-state index is 0.00303. The number of hydrogen-bond acceptors (Lipinski definition) is 6. The maximum Gasteiger partial charge on any atom is 0.269 e. The van der Waals surface area contributed by atoms with Crippen LogP contribution < -0.4 is 5.32 Å². The van der Waals surface area contributed by atoms with Crippen LogP contribution in [0.1, 0.15) is 35.4 Å². The van der Waals surface area contributed by atoms with Gasteiger partial charge in [-0.2, -0.15) is 9.40 Å². The molecule has 10 nitrogen and oxygen atoms in total. The summed E-state index contributed by atoms with van der Waals surface area (Å²) in [6.07, 6.45) is 0.765. The molecule has 0 saturated carbocycles. The van der Waals surface area contributed by atoms with Crippen LogP contribution in [-0.2, 0) is 21.4 Å². The number of nitrogens with one attached hydrogen (secondary N) is 1. The van der Waals surface area contributed by atoms with E-state index in [2.05, 4.69) is 16.5 Å². The van der Waals surface area contributed by atoms with E-state index in [0.29, 0.717) is 25.1 Å². The first-order chi connectivity index (χ1) is 17.1. The zero-order valence-electron chi connectivity index (χ0n) is 20.5. The van der Waals surface area contributed by atoms with Crippen LogP contribution in [0.15, 0.2) is 53.4 Å². The summed E-state index contributed by atoms with van der Waals surface area (Å²) in [6.45, 7) is 6.81. The van der Waals surface area contributed by atoms with Gasteiger partial charge in [0.1, 0.15) is 0 Å². The highest BCUT2D eigenvalue weighted by Gasteiger charge is 2.33. The Morgan fingerprint density at radius 2 is 1.78 bits per heavy atom. The lowest BCUT2D eigenvalue weighted by atomic mass is 9.97. The first-order valence-corrected chi connectivity index (χ1v) is 13.2. The average molecular weight is 512 g/mol. The summed E-state index contributed by atoms with van der Waals surface area (Å²) in [7, 11) is -3.79.